The number of benzene rings is 4. The first-order valence-corrected chi connectivity index (χ1v) is 15.4. The molecule has 4 aromatic rings. The molecule has 5 rings (SSSR count). The van der Waals surface area contributed by atoms with E-state index < -0.39 is 0 Å². The number of rotatable bonds is 14. The number of piperazine rings is 1. The lowest BCUT2D eigenvalue weighted by atomic mass is 10.1. The van der Waals surface area contributed by atoms with Crippen molar-refractivity contribution in [1.82, 2.24) is 4.90 Å². The van der Waals surface area contributed by atoms with Crippen LogP contribution in [-0.2, 0) is 24.4 Å². The molecule has 0 aromatic heterocycles. The SMILES string of the molecule is COc1cccc(CN(Cc2cccc(N3CCN(C)CC3)c2)c2ccc(COCCOc3cccc(N(C)C)c3)cc2)c1. The molecule has 7 nitrogen and oxygen atoms in total. The molecule has 0 bridgehead atoms. The van der Waals surface area contributed by atoms with E-state index in [1.807, 2.05) is 38.4 Å². The molecule has 1 saturated heterocycles. The summed E-state index contributed by atoms with van der Waals surface area (Å²) in [6.07, 6.45) is 0. The summed E-state index contributed by atoms with van der Waals surface area (Å²) in [5.74, 6) is 1.73. The molecule has 1 aliphatic rings. The minimum atomic E-state index is 0.510. The van der Waals surface area contributed by atoms with Crippen LogP contribution in [0.4, 0.5) is 17.1 Å². The van der Waals surface area contributed by atoms with Crippen molar-refractivity contribution in [1.29, 1.82) is 0 Å². The fourth-order valence-electron chi connectivity index (χ4n) is 5.43. The van der Waals surface area contributed by atoms with E-state index in [1.165, 1.54) is 22.5 Å². The molecule has 0 spiro atoms. The van der Waals surface area contributed by atoms with Crippen molar-refractivity contribution in [3.63, 3.8) is 0 Å². The van der Waals surface area contributed by atoms with Gasteiger partial charge in [-0.15, -0.1) is 0 Å². The number of hydrogen-bond donors (Lipinski definition) is 0. The molecular weight excluding hydrogens is 548 g/mol. The second kappa shape index (κ2) is 15.5. The second-order valence-electron chi connectivity index (χ2n) is 11.6. The van der Waals surface area contributed by atoms with Crippen molar-refractivity contribution in [2.75, 3.05) is 82.3 Å². The standard InChI is InChI=1S/C37H46N4O3/c1-38(2)34-10-7-13-37(26-34)44-23-22-43-29-30-14-16-33(17-15-30)41(28-32-9-6-12-36(25-32)42-4)27-31-8-5-11-35(24-31)40-20-18-39(3)19-21-40/h5-17,24-26H,18-23,27-29H2,1-4H3. The first kappa shape index (κ1) is 31.2. The molecule has 7 heteroatoms. The van der Waals surface area contributed by atoms with Gasteiger partial charge < -0.3 is 33.8 Å². The number of hydrogen-bond acceptors (Lipinski definition) is 7. The number of likely N-dealkylation sites (N-methyl/N-ethyl adjacent to an activating group) is 1. The average Bonchev–Trinajstić information content (AvgIpc) is 3.05. The van der Waals surface area contributed by atoms with Crippen LogP contribution in [0.1, 0.15) is 16.7 Å². The Balaban J connectivity index is 1.22. The third-order valence-corrected chi connectivity index (χ3v) is 8.06. The van der Waals surface area contributed by atoms with Gasteiger partial charge in [-0.1, -0.05) is 42.5 Å². The molecule has 0 saturated carbocycles. The summed E-state index contributed by atoms with van der Waals surface area (Å²) in [6, 6.07) is 34.2. The molecule has 232 valence electrons. The number of anilines is 3. The highest BCUT2D eigenvalue weighted by Crippen LogP contribution is 2.25. The largest absolute Gasteiger partial charge is 0.497 e. The van der Waals surface area contributed by atoms with Crippen LogP contribution in [0, 0.1) is 0 Å². The average molecular weight is 595 g/mol. The van der Waals surface area contributed by atoms with Crippen molar-refractivity contribution < 1.29 is 14.2 Å². The van der Waals surface area contributed by atoms with E-state index in [4.69, 9.17) is 14.2 Å². The van der Waals surface area contributed by atoms with Gasteiger partial charge in [0, 0.05) is 76.5 Å². The predicted molar refractivity (Wildman–Crippen MR) is 181 cm³/mol. The lowest BCUT2D eigenvalue weighted by Gasteiger charge is -2.34. The van der Waals surface area contributed by atoms with Gasteiger partial charge in [0.2, 0.25) is 0 Å². The molecule has 4 aromatic carbocycles. The van der Waals surface area contributed by atoms with Gasteiger partial charge in [-0.3, -0.25) is 0 Å². The van der Waals surface area contributed by atoms with Crippen molar-refractivity contribution in [2.24, 2.45) is 0 Å². The van der Waals surface area contributed by atoms with Crippen molar-refractivity contribution in [2.45, 2.75) is 19.7 Å². The predicted octanol–water partition coefficient (Wildman–Crippen LogP) is 6.32. The Labute approximate surface area is 263 Å². The summed E-state index contributed by atoms with van der Waals surface area (Å²) >= 11 is 0. The molecule has 0 atom stereocenters. The Hall–Kier alpha value is -4.20. The minimum absolute atomic E-state index is 0.510. The van der Waals surface area contributed by atoms with Crippen LogP contribution >= 0.6 is 0 Å². The fourth-order valence-corrected chi connectivity index (χ4v) is 5.43. The van der Waals surface area contributed by atoms with Gasteiger partial charge in [-0.2, -0.15) is 0 Å². The zero-order chi connectivity index (χ0) is 30.7. The van der Waals surface area contributed by atoms with E-state index in [-0.39, 0.29) is 0 Å². The van der Waals surface area contributed by atoms with E-state index in [1.54, 1.807) is 7.11 Å². The van der Waals surface area contributed by atoms with Crippen LogP contribution in [0.2, 0.25) is 0 Å². The van der Waals surface area contributed by atoms with Gasteiger partial charge in [0.15, 0.2) is 0 Å². The highest BCUT2D eigenvalue weighted by Gasteiger charge is 2.16. The van der Waals surface area contributed by atoms with Crippen LogP contribution in [0.3, 0.4) is 0 Å². The lowest BCUT2D eigenvalue weighted by molar-refractivity contribution is 0.0889. The van der Waals surface area contributed by atoms with Crippen molar-refractivity contribution in [3.8, 4) is 11.5 Å². The van der Waals surface area contributed by atoms with Gasteiger partial charge in [-0.05, 0) is 72.3 Å². The Morgan fingerprint density at radius 3 is 2.07 bits per heavy atom. The number of nitrogens with zero attached hydrogens (tertiary/aromatic N) is 4. The first-order valence-electron chi connectivity index (χ1n) is 15.4. The third-order valence-electron chi connectivity index (χ3n) is 8.06. The molecule has 0 unspecified atom stereocenters. The molecule has 0 N–H and O–H groups in total. The highest BCUT2D eigenvalue weighted by molar-refractivity contribution is 5.53. The minimum Gasteiger partial charge on any atom is -0.497 e. The van der Waals surface area contributed by atoms with Gasteiger partial charge in [0.25, 0.3) is 0 Å². The van der Waals surface area contributed by atoms with E-state index in [9.17, 15) is 0 Å². The number of ether oxygens (including phenoxy) is 3. The van der Waals surface area contributed by atoms with Crippen LogP contribution in [0.15, 0.2) is 97.1 Å². The Morgan fingerprint density at radius 2 is 1.34 bits per heavy atom. The molecule has 0 amide bonds. The highest BCUT2D eigenvalue weighted by atomic mass is 16.5. The Bertz CT molecular complexity index is 1450. The topological polar surface area (TPSA) is 40.7 Å². The van der Waals surface area contributed by atoms with Crippen LogP contribution in [-0.4, -0.2) is 72.5 Å². The fraction of sp³-hybridized carbons (Fsp3) is 0.351. The van der Waals surface area contributed by atoms with Gasteiger partial charge in [0.05, 0.1) is 20.3 Å². The van der Waals surface area contributed by atoms with Gasteiger partial charge >= 0.3 is 0 Å². The molecule has 1 heterocycles. The van der Waals surface area contributed by atoms with Crippen molar-refractivity contribution >= 4 is 17.1 Å². The van der Waals surface area contributed by atoms with E-state index in [0.29, 0.717) is 19.8 Å². The van der Waals surface area contributed by atoms with E-state index in [0.717, 1.165) is 62.0 Å². The summed E-state index contributed by atoms with van der Waals surface area (Å²) in [5, 5.41) is 0. The molecule has 1 aliphatic heterocycles. The summed E-state index contributed by atoms with van der Waals surface area (Å²) in [6.45, 7) is 7.49. The molecule has 1 fully saturated rings. The summed E-state index contributed by atoms with van der Waals surface area (Å²) < 4.78 is 17.3. The number of methoxy groups -OCH3 is 1. The summed E-state index contributed by atoms with van der Waals surface area (Å²) in [5.41, 5.74) is 7.24. The van der Waals surface area contributed by atoms with Crippen LogP contribution in [0.25, 0.3) is 0 Å². The zero-order valence-electron chi connectivity index (χ0n) is 26.6. The smallest absolute Gasteiger partial charge is 0.121 e. The Morgan fingerprint density at radius 1 is 0.659 bits per heavy atom. The normalized spacial score (nSPS) is 13.5. The van der Waals surface area contributed by atoms with Crippen molar-refractivity contribution in [3.05, 3.63) is 114 Å². The maximum absolute atomic E-state index is 5.94. The Kier molecular flexibility index (Phi) is 11.0. The molecular formula is C37H46N4O3. The quantitative estimate of drug-likeness (QED) is 0.158. The lowest BCUT2D eigenvalue weighted by Crippen LogP contribution is -2.44. The second-order valence-corrected chi connectivity index (χ2v) is 11.6. The van der Waals surface area contributed by atoms with Crippen LogP contribution in [0.5, 0.6) is 11.5 Å². The maximum atomic E-state index is 5.94. The summed E-state index contributed by atoms with van der Waals surface area (Å²) in [4.78, 5) is 9.38. The summed E-state index contributed by atoms with van der Waals surface area (Å²) in [7, 11) is 7.97. The molecule has 0 aliphatic carbocycles. The van der Waals surface area contributed by atoms with E-state index in [2.05, 4.69) is 99.4 Å². The van der Waals surface area contributed by atoms with Gasteiger partial charge in [0.1, 0.15) is 18.1 Å². The van der Waals surface area contributed by atoms with Gasteiger partial charge in [-0.25, -0.2) is 0 Å². The third kappa shape index (κ3) is 8.91. The molecule has 0 radical (unpaired) electrons. The molecule has 44 heavy (non-hydrogen) atoms. The first-order chi connectivity index (χ1) is 21.5. The van der Waals surface area contributed by atoms with Crippen LogP contribution < -0.4 is 24.2 Å². The maximum Gasteiger partial charge on any atom is 0.121 e. The zero-order valence-corrected chi connectivity index (χ0v) is 26.6. The monoisotopic (exact) mass is 594 g/mol. The van der Waals surface area contributed by atoms with E-state index >= 15 is 0 Å².